The van der Waals surface area contributed by atoms with E-state index in [1.54, 1.807) is 12.3 Å². The van der Waals surface area contributed by atoms with Crippen molar-refractivity contribution < 1.29 is 0 Å². The molecule has 6 heteroatoms. The Morgan fingerprint density at radius 3 is 2.89 bits per heavy atom. The van der Waals surface area contributed by atoms with Gasteiger partial charge in [-0.3, -0.25) is 0 Å². The zero-order valence-corrected chi connectivity index (χ0v) is 12.4. The molecule has 0 fully saturated rings. The predicted molar refractivity (Wildman–Crippen MR) is 79.9 cm³/mol. The first kappa shape index (κ1) is 13.5. The first-order valence-corrected chi connectivity index (χ1v) is 6.71. The van der Waals surface area contributed by atoms with Crippen LogP contribution in [-0.2, 0) is 6.54 Å². The van der Waals surface area contributed by atoms with Crippen molar-refractivity contribution in [2.75, 3.05) is 5.32 Å². The van der Waals surface area contributed by atoms with Crippen LogP contribution in [0.15, 0.2) is 41.7 Å². The van der Waals surface area contributed by atoms with Gasteiger partial charge in [-0.05, 0) is 28.1 Å². The quantitative estimate of drug-likeness (QED) is 0.631. The first-order valence-electron chi connectivity index (χ1n) is 5.16. The summed E-state index contributed by atoms with van der Waals surface area (Å²) in [6, 6.07) is 3.67. The molecule has 0 aliphatic heterocycles. The molecule has 0 atom stereocenters. The number of rotatable bonds is 4. The van der Waals surface area contributed by atoms with Crippen LogP contribution in [-0.4, -0.2) is 9.55 Å². The number of hydrogen-bond acceptors (Lipinski definition) is 2. The van der Waals surface area contributed by atoms with E-state index in [1.807, 2.05) is 22.9 Å². The Labute approximate surface area is 124 Å². The van der Waals surface area contributed by atoms with Gasteiger partial charge in [0.2, 0.25) is 5.95 Å². The maximum Gasteiger partial charge on any atom is 0.207 e. The van der Waals surface area contributed by atoms with Crippen LogP contribution in [0, 0.1) is 0 Å². The summed E-state index contributed by atoms with van der Waals surface area (Å²) in [5.74, 6) is 0.690. The largest absolute Gasteiger partial charge is 0.324 e. The average molecular weight is 347 g/mol. The van der Waals surface area contributed by atoms with Crippen molar-refractivity contribution in [3.8, 4) is 0 Å². The van der Waals surface area contributed by atoms with Crippen LogP contribution in [0.25, 0.3) is 0 Å². The van der Waals surface area contributed by atoms with Gasteiger partial charge in [-0.15, -0.1) is 6.58 Å². The van der Waals surface area contributed by atoms with Crippen LogP contribution in [0.1, 0.15) is 0 Å². The van der Waals surface area contributed by atoms with Crippen molar-refractivity contribution >= 4 is 50.8 Å². The molecule has 0 saturated heterocycles. The third-order valence-electron chi connectivity index (χ3n) is 2.32. The van der Waals surface area contributed by atoms with E-state index in [4.69, 9.17) is 23.2 Å². The summed E-state index contributed by atoms with van der Waals surface area (Å²) in [6.45, 7) is 4.37. The summed E-state index contributed by atoms with van der Waals surface area (Å²) in [5, 5.41) is 4.07. The molecule has 0 aliphatic rings. The van der Waals surface area contributed by atoms with Crippen LogP contribution in [0.3, 0.4) is 0 Å². The topological polar surface area (TPSA) is 29.9 Å². The van der Waals surface area contributed by atoms with Crippen molar-refractivity contribution in [2.45, 2.75) is 6.54 Å². The van der Waals surface area contributed by atoms with Gasteiger partial charge in [0.05, 0.1) is 15.7 Å². The minimum atomic E-state index is 0.458. The number of benzene rings is 1. The lowest BCUT2D eigenvalue weighted by molar-refractivity contribution is 0.833. The van der Waals surface area contributed by atoms with Crippen LogP contribution < -0.4 is 5.32 Å². The van der Waals surface area contributed by atoms with E-state index >= 15 is 0 Å². The fourth-order valence-corrected chi connectivity index (χ4v) is 2.28. The van der Waals surface area contributed by atoms with E-state index in [9.17, 15) is 0 Å². The predicted octanol–water partition coefficient (Wildman–Crippen LogP) is 4.88. The van der Waals surface area contributed by atoms with Crippen molar-refractivity contribution in [3.63, 3.8) is 0 Å². The molecular formula is C12H10BrCl2N3. The normalized spacial score (nSPS) is 10.4. The summed E-state index contributed by atoms with van der Waals surface area (Å²) in [7, 11) is 0. The monoisotopic (exact) mass is 345 g/mol. The third-order valence-corrected chi connectivity index (χ3v) is 4.09. The van der Waals surface area contributed by atoms with Crippen molar-refractivity contribution in [1.82, 2.24) is 9.55 Å². The molecule has 0 amide bonds. The number of nitrogens with one attached hydrogen (secondary N) is 1. The van der Waals surface area contributed by atoms with E-state index in [2.05, 4.69) is 32.8 Å². The van der Waals surface area contributed by atoms with Gasteiger partial charge >= 0.3 is 0 Å². The van der Waals surface area contributed by atoms with Crippen LogP contribution >= 0.6 is 39.1 Å². The minimum Gasteiger partial charge on any atom is -0.324 e. The highest BCUT2D eigenvalue weighted by atomic mass is 79.9. The minimum absolute atomic E-state index is 0.458. The molecule has 0 aliphatic carbocycles. The van der Waals surface area contributed by atoms with Gasteiger partial charge in [-0.1, -0.05) is 29.3 Å². The number of nitrogens with zero attached hydrogens (tertiary/aromatic N) is 2. The molecule has 3 nitrogen and oxygen atoms in total. The van der Waals surface area contributed by atoms with Crippen molar-refractivity contribution in [1.29, 1.82) is 0 Å². The van der Waals surface area contributed by atoms with E-state index < -0.39 is 0 Å². The van der Waals surface area contributed by atoms with Gasteiger partial charge in [-0.2, -0.15) is 0 Å². The summed E-state index contributed by atoms with van der Waals surface area (Å²) >= 11 is 15.5. The Morgan fingerprint density at radius 1 is 1.39 bits per heavy atom. The molecule has 2 rings (SSSR count). The molecule has 1 aromatic heterocycles. The van der Waals surface area contributed by atoms with Gasteiger partial charge < -0.3 is 9.88 Å². The lowest BCUT2D eigenvalue weighted by atomic mass is 10.3. The molecule has 0 radical (unpaired) electrons. The SMILES string of the molecule is C=CCn1ccnc1Nc1ccc(Br)c(Cl)c1Cl. The highest BCUT2D eigenvalue weighted by molar-refractivity contribution is 9.10. The first-order chi connectivity index (χ1) is 8.63. The summed E-state index contributed by atoms with van der Waals surface area (Å²) < 4.78 is 2.67. The second-order valence-corrected chi connectivity index (χ2v) is 5.15. The molecule has 0 unspecified atom stereocenters. The number of anilines is 2. The Bertz CT molecular complexity index is 581. The smallest absolute Gasteiger partial charge is 0.207 e. The Hall–Kier alpha value is -0.970. The summed E-state index contributed by atoms with van der Waals surface area (Å²) in [4.78, 5) is 4.21. The number of imidazole rings is 1. The van der Waals surface area contributed by atoms with E-state index in [0.29, 0.717) is 28.2 Å². The zero-order valence-electron chi connectivity index (χ0n) is 9.33. The molecule has 1 N–H and O–H groups in total. The van der Waals surface area contributed by atoms with Gasteiger partial charge in [0, 0.05) is 23.4 Å². The van der Waals surface area contributed by atoms with Gasteiger partial charge in [-0.25, -0.2) is 4.98 Å². The molecule has 2 aromatic rings. The maximum absolute atomic E-state index is 6.16. The Morgan fingerprint density at radius 2 is 2.17 bits per heavy atom. The van der Waals surface area contributed by atoms with E-state index in [-0.39, 0.29) is 0 Å². The maximum atomic E-state index is 6.16. The van der Waals surface area contributed by atoms with Gasteiger partial charge in [0.15, 0.2) is 0 Å². The molecule has 1 aromatic carbocycles. The highest BCUT2D eigenvalue weighted by Gasteiger charge is 2.10. The van der Waals surface area contributed by atoms with Gasteiger partial charge in [0.25, 0.3) is 0 Å². The van der Waals surface area contributed by atoms with Crippen LogP contribution in [0.4, 0.5) is 11.6 Å². The summed E-state index contributed by atoms with van der Waals surface area (Å²) in [5.41, 5.74) is 0.710. The molecule has 0 saturated carbocycles. The number of allylic oxidation sites excluding steroid dienone is 1. The number of aromatic nitrogens is 2. The fourth-order valence-electron chi connectivity index (χ4n) is 1.46. The molecular weight excluding hydrogens is 337 g/mol. The second kappa shape index (κ2) is 5.78. The van der Waals surface area contributed by atoms with E-state index in [1.165, 1.54) is 0 Å². The molecule has 94 valence electrons. The lowest BCUT2D eigenvalue weighted by Gasteiger charge is -2.11. The molecule has 18 heavy (non-hydrogen) atoms. The van der Waals surface area contributed by atoms with Crippen LogP contribution in [0.5, 0.6) is 0 Å². The Kier molecular flexibility index (Phi) is 4.32. The van der Waals surface area contributed by atoms with Crippen molar-refractivity contribution in [3.05, 3.63) is 51.7 Å². The molecule has 0 bridgehead atoms. The third kappa shape index (κ3) is 2.71. The standard InChI is InChI=1S/C12H10BrCl2N3/c1-2-6-18-7-5-16-12(18)17-9-4-3-8(13)10(14)11(9)15/h2-5,7H,1,6H2,(H,16,17). The second-order valence-electron chi connectivity index (χ2n) is 3.54. The molecule has 0 spiro atoms. The van der Waals surface area contributed by atoms with Crippen LogP contribution in [0.2, 0.25) is 10.0 Å². The molecule has 1 heterocycles. The average Bonchev–Trinajstić information content (AvgIpc) is 2.78. The number of hydrogen-bond donors (Lipinski definition) is 1. The highest BCUT2D eigenvalue weighted by Crippen LogP contribution is 2.36. The van der Waals surface area contributed by atoms with Crippen molar-refractivity contribution in [2.24, 2.45) is 0 Å². The fraction of sp³-hybridized carbons (Fsp3) is 0.0833. The zero-order chi connectivity index (χ0) is 13.1. The van der Waals surface area contributed by atoms with Gasteiger partial charge in [0.1, 0.15) is 0 Å². The number of halogens is 3. The van der Waals surface area contributed by atoms with E-state index in [0.717, 1.165) is 4.47 Å². The summed E-state index contributed by atoms with van der Waals surface area (Å²) in [6.07, 6.45) is 5.36. The lowest BCUT2D eigenvalue weighted by Crippen LogP contribution is -2.02. The Balaban J connectivity index is 2.31.